The molecule has 3 heterocycles. The molecule has 246 valence electrons. The molecule has 14 heteroatoms. The van der Waals surface area contributed by atoms with Gasteiger partial charge in [0.05, 0.1) is 24.3 Å². The van der Waals surface area contributed by atoms with Crippen LogP contribution in [0.3, 0.4) is 0 Å². The summed E-state index contributed by atoms with van der Waals surface area (Å²) in [5.74, 6) is -4.31. The van der Waals surface area contributed by atoms with Gasteiger partial charge >= 0.3 is 5.97 Å². The molecule has 3 aromatic carbocycles. The average molecular weight is 669 g/mol. The summed E-state index contributed by atoms with van der Waals surface area (Å²) < 4.78 is 87.4. The zero-order chi connectivity index (χ0) is 33.7. The molecule has 2 aromatic heterocycles. The van der Waals surface area contributed by atoms with Crippen LogP contribution in [0.4, 0.5) is 13.2 Å². The number of para-hydroxylation sites is 1. The summed E-state index contributed by atoms with van der Waals surface area (Å²) in [7, 11) is -4.61. The number of sulfonamides is 1. The number of ether oxygens (including phenoxy) is 3. The van der Waals surface area contributed by atoms with Crippen LogP contribution in [0.1, 0.15) is 49.1 Å². The highest BCUT2D eigenvalue weighted by Crippen LogP contribution is 2.45. The van der Waals surface area contributed by atoms with Gasteiger partial charge in [-0.2, -0.15) is 4.39 Å². The molecule has 47 heavy (non-hydrogen) atoms. The van der Waals surface area contributed by atoms with Crippen molar-refractivity contribution in [2.45, 2.75) is 50.3 Å². The number of aryl methyl sites for hydroxylation is 2. The molecule has 0 bridgehead atoms. The standard InChI is InChI=1S/C33H31F3N4O6S/c1-4-44-24(41)11-8-18-6-5-7-21-29(18)45-13-12-33(21,3)23-16-39-32(40-23)20-14-19(9-10-22(20)34)46-30-27(36)26(35)28-25(17(2)15-38-28)31(30)47(37,42)43/h5-7,9-10,14-16,38H,4,8,11-13H2,1-3H3,(H,39,40)(H2,37,42,43). The van der Waals surface area contributed by atoms with Crippen LogP contribution in [-0.2, 0) is 31.4 Å². The van der Waals surface area contributed by atoms with E-state index in [0.29, 0.717) is 43.1 Å². The Morgan fingerprint density at radius 3 is 2.70 bits per heavy atom. The highest BCUT2D eigenvalue weighted by molar-refractivity contribution is 7.89. The first-order valence-electron chi connectivity index (χ1n) is 14.8. The number of primary sulfonamides is 1. The SMILES string of the molecule is CCOC(=O)CCc1cccc2c1OCCC2(C)c1cnc(-c2cc(Oc3c(F)c(F)c4[nH]cc(C)c4c3S(N)(=O)=O)ccc2F)[nH]1. The number of esters is 1. The second-order valence-corrected chi connectivity index (χ2v) is 13.0. The van der Waals surface area contributed by atoms with Crippen molar-refractivity contribution in [3.63, 3.8) is 0 Å². The Bertz CT molecular complexity index is 2150. The molecule has 0 aliphatic carbocycles. The highest BCUT2D eigenvalue weighted by Gasteiger charge is 2.38. The molecule has 10 nitrogen and oxygen atoms in total. The van der Waals surface area contributed by atoms with Crippen LogP contribution in [-0.4, -0.2) is 42.6 Å². The van der Waals surface area contributed by atoms with Crippen molar-refractivity contribution in [1.82, 2.24) is 15.0 Å². The molecule has 1 aliphatic rings. The van der Waals surface area contributed by atoms with E-state index >= 15 is 8.78 Å². The van der Waals surface area contributed by atoms with Gasteiger partial charge in [0.1, 0.15) is 28.0 Å². The van der Waals surface area contributed by atoms with Crippen molar-refractivity contribution in [3.8, 4) is 28.6 Å². The summed E-state index contributed by atoms with van der Waals surface area (Å²) in [6.45, 7) is 5.93. The maximum atomic E-state index is 15.3. The van der Waals surface area contributed by atoms with Gasteiger partial charge in [-0.1, -0.05) is 18.2 Å². The lowest BCUT2D eigenvalue weighted by Gasteiger charge is -2.36. The summed E-state index contributed by atoms with van der Waals surface area (Å²) in [6, 6.07) is 9.10. The molecule has 4 N–H and O–H groups in total. The van der Waals surface area contributed by atoms with E-state index in [2.05, 4.69) is 15.0 Å². The number of nitrogens with one attached hydrogen (secondary N) is 2. The predicted molar refractivity (Wildman–Crippen MR) is 166 cm³/mol. The zero-order valence-corrected chi connectivity index (χ0v) is 26.5. The minimum Gasteiger partial charge on any atom is -0.493 e. The van der Waals surface area contributed by atoms with Crippen molar-refractivity contribution in [2.24, 2.45) is 5.14 Å². The topological polar surface area (TPSA) is 149 Å². The van der Waals surface area contributed by atoms with E-state index in [1.54, 1.807) is 13.1 Å². The lowest BCUT2D eigenvalue weighted by Crippen LogP contribution is -2.32. The highest BCUT2D eigenvalue weighted by atomic mass is 32.2. The smallest absolute Gasteiger partial charge is 0.306 e. The first-order valence-corrected chi connectivity index (χ1v) is 16.3. The summed E-state index contributed by atoms with van der Waals surface area (Å²) >= 11 is 0. The minimum atomic E-state index is -4.61. The van der Waals surface area contributed by atoms with Crippen LogP contribution >= 0.6 is 0 Å². The number of aromatic amines is 2. The number of nitrogens with two attached hydrogens (primary N) is 1. The monoisotopic (exact) mass is 668 g/mol. The van der Waals surface area contributed by atoms with E-state index in [-0.39, 0.29) is 40.4 Å². The van der Waals surface area contributed by atoms with Crippen molar-refractivity contribution < 1.29 is 40.6 Å². The molecule has 0 spiro atoms. The van der Waals surface area contributed by atoms with E-state index in [9.17, 15) is 17.6 Å². The van der Waals surface area contributed by atoms with Crippen LogP contribution in [0, 0.1) is 24.4 Å². The third kappa shape index (κ3) is 5.71. The average Bonchev–Trinajstić information content (AvgIpc) is 3.67. The molecule has 0 saturated heterocycles. The third-order valence-corrected chi connectivity index (χ3v) is 9.39. The van der Waals surface area contributed by atoms with Gasteiger partial charge in [0.25, 0.3) is 0 Å². The number of H-pyrrole nitrogens is 2. The quantitative estimate of drug-likeness (QED) is 0.156. The first kappa shape index (κ1) is 32.1. The second-order valence-electron chi connectivity index (χ2n) is 11.5. The van der Waals surface area contributed by atoms with E-state index in [1.807, 2.05) is 25.1 Å². The molecule has 6 rings (SSSR count). The van der Waals surface area contributed by atoms with Crippen LogP contribution in [0.15, 0.2) is 53.7 Å². The molecule has 0 saturated carbocycles. The Kier molecular flexibility index (Phi) is 8.26. The van der Waals surface area contributed by atoms with Gasteiger partial charge in [0.2, 0.25) is 15.8 Å². The third-order valence-electron chi connectivity index (χ3n) is 8.43. The predicted octanol–water partition coefficient (Wildman–Crippen LogP) is 6.31. The number of hydrogen-bond donors (Lipinski definition) is 3. The van der Waals surface area contributed by atoms with Crippen LogP contribution in [0.2, 0.25) is 0 Å². The molecule has 1 atom stereocenters. The van der Waals surface area contributed by atoms with E-state index in [1.165, 1.54) is 19.2 Å². The molecule has 1 unspecified atom stereocenters. The number of carbonyl (C=O) groups excluding carboxylic acids is 1. The Hall–Kier alpha value is -4.82. The number of rotatable bonds is 9. The van der Waals surface area contributed by atoms with Gasteiger partial charge in [-0.05, 0) is 62.9 Å². The van der Waals surface area contributed by atoms with Gasteiger partial charge in [-0.25, -0.2) is 27.3 Å². The van der Waals surface area contributed by atoms with Gasteiger partial charge in [-0.15, -0.1) is 0 Å². The Morgan fingerprint density at radius 1 is 1.17 bits per heavy atom. The van der Waals surface area contributed by atoms with Gasteiger partial charge in [0.15, 0.2) is 11.6 Å². The molecular weight excluding hydrogens is 637 g/mol. The maximum absolute atomic E-state index is 15.3. The Balaban J connectivity index is 1.36. The molecule has 1 aliphatic heterocycles. The second kappa shape index (κ2) is 12.1. The molecule has 5 aromatic rings. The fourth-order valence-corrected chi connectivity index (χ4v) is 6.94. The lowest BCUT2D eigenvalue weighted by atomic mass is 9.74. The fourth-order valence-electron chi connectivity index (χ4n) is 6.01. The minimum absolute atomic E-state index is 0.0650. The van der Waals surface area contributed by atoms with Crippen LogP contribution in [0.25, 0.3) is 22.3 Å². The molecular formula is C33H31F3N4O6S. The van der Waals surface area contributed by atoms with Crippen LogP contribution < -0.4 is 14.6 Å². The Morgan fingerprint density at radius 2 is 1.96 bits per heavy atom. The van der Waals surface area contributed by atoms with Crippen molar-refractivity contribution in [3.05, 3.63) is 88.6 Å². The largest absolute Gasteiger partial charge is 0.493 e. The zero-order valence-electron chi connectivity index (χ0n) is 25.7. The number of benzene rings is 3. The number of halogens is 3. The van der Waals surface area contributed by atoms with Gasteiger partial charge in [0, 0.05) is 40.9 Å². The summed E-state index contributed by atoms with van der Waals surface area (Å²) in [6.07, 6.45) is 4.09. The normalized spacial score (nSPS) is 16.1. The summed E-state index contributed by atoms with van der Waals surface area (Å²) in [4.78, 5) is 21.4. The summed E-state index contributed by atoms with van der Waals surface area (Å²) in [5.41, 5.74) is 1.60. The van der Waals surface area contributed by atoms with E-state index < -0.39 is 43.5 Å². The fraction of sp³-hybridized carbons (Fsp3) is 0.273. The first-order chi connectivity index (χ1) is 22.3. The number of hydrogen-bond acceptors (Lipinski definition) is 7. The number of carbonyl (C=O) groups is 1. The van der Waals surface area contributed by atoms with Crippen molar-refractivity contribution in [1.29, 1.82) is 0 Å². The van der Waals surface area contributed by atoms with Gasteiger partial charge in [-0.3, -0.25) is 4.79 Å². The van der Waals surface area contributed by atoms with Gasteiger partial charge < -0.3 is 24.2 Å². The number of nitrogens with zero attached hydrogens (tertiary/aromatic N) is 1. The Labute approximate surface area is 268 Å². The maximum Gasteiger partial charge on any atom is 0.306 e. The molecule has 0 amide bonds. The van der Waals surface area contributed by atoms with Crippen LogP contribution in [0.5, 0.6) is 17.2 Å². The van der Waals surface area contributed by atoms with Crippen molar-refractivity contribution in [2.75, 3.05) is 13.2 Å². The number of fused-ring (bicyclic) bond motifs is 2. The number of aromatic nitrogens is 3. The van der Waals surface area contributed by atoms with E-state index in [0.717, 1.165) is 23.3 Å². The lowest BCUT2D eigenvalue weighted by molar-refractivity contribution is -0.143. The molecule has 0 fully saturated rings. The number of imidazole rings is 1. The summed E-state index contributed by atoms with van der Waals surface area (Å²) in [5, 5.41) is 5.27. The molecule has 0 radical (unpaired) electrons. The van der Waals surface area contributed by atoms with Crippen molar-refractivity contribution >= 4 is 26.9 Å². The van der Waals surface area contributed by atoms with E-state index in [4.69, 9.17) is 19.3 Å².